The number of nitrogens with one attached hydrogen (secondary N) is 1. The predicted molar refractivity (Wildman–Crippen MR) is 87.6 cm³/mol. The quantitative estimate of drug-likeness (QED) is 0.810. The summed E-state index contributed by atoms with van der Waals surface area (Å²) in [5, 5.41) is 0.448. The fraction of sp³-hybridized carbons (Fsp3) is 0.188. The van der Waals surface area contributed by atoms with Crippen molar-refractivity contribution in [2.45, 2.75) is 17.9 Å². The van der Waals surface area contributed by atoms with Gasteiger partial charge in [0.25, 0.3) is 0 Å². The highest BCUT2D eigenvalue weighted by Crippen LogP contribution is 2.19. The first-order chi connectivity index (χ1) is 10.9. The van der Waals surface area contributed by atoms with Crippen molar-refractivity contribution in [1.82, 2.24) is 4.72 Å². The number of hydrogen-bond acceptors (Lipinski definition) is 4. The lowest BCUT2D eigenvalue weighted by Gasteiger charge is -2.19. The summed E-state index contributed by atoms with van der Waals surface area (Å²) in [4.78, 5) is 11.1. The van der Waals surface area contributed by atoms with Crippen LogP contribution < -0.4 is 4.72 Å². The molecule has 2 rings (SSSR count). The molecule has 122 valence electrons. The van der Waals surface area contributed by atoms with Crippen LogP contribution in [-0.4, -0.2) is 21.0 Å². The normalized spacial score (nSPS) is 12.6. The van der Waals surface area contributed by atoms with Crippen LogP contribution in [0.2, 0.25) is 5.02 Å². The Balaban J connectivity index is 2.25. The second-order valence-corrected chi connectivity index (χ2v) is 6.99. The number of benzene rings is 2. The van der Waals surface area contributed by atoms with E-state index in [1.165, 1.54) is 31.2 Å². The van der Waals surface area contributed by atoms with Crippen molar-refractivity contribution in [1.29, 1.82) is 0 Å². The molecule has 0 radical (unpaired) electrons. The van der Waals surface area contributed by atoms with Gasteiger partial charge in [-0.1, -0.05) is 41.9 Å². The largest absolute Gasteiger partial charge is 0.464 e. The Morgan fingerprint density at radius 2 is 1.74 bits per heavy atom. The van der Waals surface area contributed by atoms with Crippen LogP contribution in [0.5, 0.6) is 0 Å². The minimum atomic E-state index is -3.77. The van der Waals surface area contributed by atoms with Gasteiger partial charge in [0.15, 0.2) is 0 Å². The summed E-state index contributed by atoms with van der Waals surface area (Å²) in [6, 6.07) is 14.1. The molecule has 5 nitrogen and oxygen atoms in total. The second kappa shape index (κ2) is 7.59. The highest BCUT2D eigenvalue weighted by Gasteiger charge is 2.22. The molecule has 0 amide bonds. The van der Waals surface area contributed by atoms with Crippen molar-refractivity contribution < 1.29 is 17.9 Å². The minimum Gasteiger partial charge on any atom is -0.464 e. The fourth-order valence-corrected chi connectivity index (χ4v) is 3.29. The number of carbonyl (C=O) groups is 1. The van der Waals surface area contributed by atoms with E-state index in [1.54, 1.807) is 24.3 Å². The highest BCUT2D eigenvalue weighted by atomic mass is 35.5. The Bertz CT molecular complexity index is 760. The Morgan fingerprint density at radius 3 is 2.30 bits per heavy atom. The van der Waals surface area contributed by atoms with Gasteiger partial charge in [0.2, 0.25) is 10.0 Å². The first kappa shape index (κ1) is 17.5. The maximum Gasteiger partial charge on any atom is 0.302 e. The maximum atomic E-state index is 12.5. The van der Waals surface area contributed by atoms with E-state index in [1.807, 2.05) is 6.07 Å². The van der Waals surface area contributed by atoms with Crippen LogP contribution >= 0.6 is 11.6 Å². The van der Waals surface area contributed by atoms with Gasteiger partial charge in [-0.15, -0.1) is 0 Å². The molecule has 0 heterocycles. The number of hydrogen-bond donors (Lipinski definition) is 1. The Morgan fingerprint density at radius 1 is 1.13 bits per heavy atom. The minimum absolute atomic E-state index is 0.0886. The number of sulfonamides is 1. The van der Waals surface area contributed by atoms with Gasteiger partial charge < -0.3 is 4.74 Å². The fourth-order valence-electron chi connectivity index (χ4n) is 1.95. The molecule has 1 N–H and O–H groups in total. The first-order valence-electron chi connectivity index (χ1n) is 6.85. The molecular formula is C16H16ClNO4S. The third-order valence-electron chi connectivity index (χ3n) is 3.08. The summed E-state index contributed by atoms with van der Waals surface area (Å²) in [5.41, 5.74) is 0.700. The van der Waals surface area contributed by atoms with E-state index in [0.717, 1.165) is 0 Å². The SMILES string of the molecule is CC(=O)OCC(NS(=O)(=O)c1ccc(Cl)cc1)c1ccccc1. The van der Waals surface area contributed by atoms with Gasteiger partial charge in [-0.25, -0.2) is 13.1 Å². The molecule has 0 saturated carbocycles. The Hall–Kier alpha value is -1.89. The van der Waals surface area contributed by atoms with E-state index in [-0.39, 0.29) is 11.5 Å². The summed E-state index contributed by atoms with van der Waals surface area (Å²) in [7, 11) is -3.77. The topological polar surface area (TPSA) is 72.5 Å². The van der Waals surface area contributed by atoms with E-state index in [4.69, 9.17) is 16.3 Å². The molecule has 0 aliphatic carbocycles. The molecule has 0 bridgehead atoms. The van der Waals surface area contributed by atoms with Crippen molar-refractivity contribution >= 4 is 27.6 Å². The molecule has 23 heavy (non-hydrogen) atoms. The van der Waals surface area contributed by atoms with E-state index < -0.39 is 22.0 Å². The highest BCUT2D eigenvalue weighted by molar-refractivity contribution is 7.89. The van der Waals surface area contributed by atoms with E-state index >= 15 is 0 Å². The first-order valence-corrected chi connectivity index (χ1v) is 8.71. The van der Waals surface area contributed by atoms with Crippen LogP contribution in [0.3, 0.4) is 0 Å². The molecule has 0 aliphatic rings. The molecule has 0 aromatic heterocycles. The van der Waals surface area contributed by atoms with Crippen LogP contribution in [0.15, 0.2) is 59.5 Å². The average molecular weight is 354 g/mol. The smallest absolute Gasteiger partial charge is 0.302 e. The second-order valence-electron chi connectivity index (χ2n) is 4.84. The summed E-state index contributed by atoms with van der Waals surface area (Å²) in [6.07, 6.45) is 0. The number of ether oxygens (including phenoxy) is 1. The molecule has 1 atom stereocenters. The molecule has 0 fully saturated rings. The van der Waals surface area contributed by atoms with Crippen LogP contribution in [0.1, 0.15) is 18.5 Å². The lowest BCUT2D eigenvalue weighted by atomic mass is 10.1. The molecule has 1 unspecified atom stereocenters. The van der Waals surface area contributed by atoms with Crippen LogP contribution in [0.25, 0.3) is 0 Å². The maximum absolute atomic E-state index is 12.5. The Labute approximate surface area is 140 Å². The van der Waals surface area contributed by atoms with E-state index in [9.17, 15) is 13.2 Å². The number of halogens is 1. The zero-order valence-electron chi connectivity index (χ0n) is 12.4. The van der Waals surface area contributed by atoms with Crippen molar-refractivity contribution in [3.05, 3.63) is 65.2 Å². The van der Waals surface area contributed by atoms with Crippen molar-refractivity contribution in [2.24, 2.45) is 0 Å². The van der Waals surface area contributed by atoms with Gasteiger partial charge in [-0.3, -0.25) is 4.79 Å². The van der Waals surface area contributed by atoms with Gasteiger partial charge in [0.05, 0.1) is 10.9 Å². The molecule has 0 saturated heterocycles. The molecule has 0 aliphatic heterocycles. The molecule has 2 aromatic rings. The summed E-state index contributed by atoms with van der Waals surface area (Å²) in [5.74, 6) is -0.475. The van der Waals surface area contributed by atoms with Gasteiger partial charge in [0, 0.05) is 11.9 Å². The van der Waals surface area contributed by atoms with Crippen molar-refractivity contribution in [3.63, 3.8) is 0 Å². The standard InChI is InChI=1S/C16H16ClNO4S/c1-12(19)22-11-16(13-5-3-2-4-6-13)18-23(20,21)15-9-7-14(17)8-10-15/h2-10,16,18H,11H2,1H3. The van der Waals surface area contributed by atoms with Crippen LogP contribution in [-0.2, 0) is 19.6 Å². The van der Waals surface area contributed by atoms with Crippen molar-refractivity contribution in [3.8, 4) is 0 Å². The summed E-state index contributed by atoms with van der Waals surface area (Å²) >= 11 is 5.78. The predicted octanol–water partition coefficient (Wildman–Crippen LogP) is 2.92. The number of esters is 1. The third kappa shape index (κ3) is 5.06. The molecular weight excluding hydrogens is 338 g/mol. The van der Waals surface area contributed by atoms with Crippen LogP contribution in [0, 0.1) is 0 Å². The van der Waals surface area contributed by atoms with Gasteiger partial charge >= 0.3 is 5.97 Å². The lowest BCUT2D eigenvalue weighted by Crippen LogP contribution is -2.32. The van der Waals surface area contributed by atoms with Crippen LogP contribution in [0.4, 0.5) is 0 Å². The monoisotopic (exact) mass is 353 g/mol. The number of rotatable bonds is 6. The molecule has 0 spiro atoms. The average Bonchev–Trinajstić information content (AvgIpc) is 2.52. The van der Waals surface area contributed by atoms with Gasteiger partial charge in [0.1, 0.15) is 6.61 Å². The van der Waals surface area contributed by atoms with E-state index in [2.05, 4.69) is 4.72 Å². The van der Waals surface area contributed by atoms with Gasteiger partial charge in [-0.05, 0) is 29.8 Å². The van der Waals surface area contributed by atoms with Crippen molar-refractivity contribution in [2.75, 3.05) is 6.61 Å². The zero-order valence-corrected chi connectivity index (χ0v) is 14.0. The third-order valence-corrected chi connectivity index (χ3v) is 4.82. The number of carbonyl (C=O) groups excluding carboxylic acids is 1. The Kier molecular flexibility index (Phi) is 5.76. The summed E-state index contributed by atoms with van der Waals surface area (Å²) in [6.45, 7) is 1.18. The molecule has 7 heteroatoms. The lowest BCUT2D eigenvalue weighted by molar-refractivity contribution is -0.141. The van der Waals surface area contributed by atoms with E-state index in [0.29, 0.717) is 10.6 Å². The summed E-state index contributed by atoms with van der Waals surface area (Å²) < 4.78 is 32.5. The zero-order chi connectivity index (χ0) is 16.9. The van der Waals surface area contributed by atoms with Gasteiger partial charge in [-0.2, -0.15) is 0 Å². The molecule has 2 aromatic carbocycles.